The van der Waals surface area contributed by atoms with Crippen molar-refractivity contribution in [2.24, 2.45) is 11.3 Å². The molecule has 2 aromatic rings. The van der Waals surface area contributed by atoms with Gasteiger partial charge in [-0.05, 0) is 53.9 Å². The summed E-state index contributed by atoms with van der Waals surface area (Å²) in [6.45, 7) is 2.14. The molecule has 3 aliphatic rings. The maximum absolute atomic E-state index is 12.8. The number of carboxylic acid groups (broad SMARTS) is 1. The lowest BCUT2D eigenvalue weighted by Gasteiger charge is -2.21. The predicted octanol–water partition coefficient (Wildman–Crippen LogP) is 4.06. The fraction of sp³-hybridized carbons (Fsp3) is 0.444. The van der Waals surface area contributed by atoms with E-state index in [1.807, 2.05) is 31.2 Å². The Morgan fingerprint density at radius 1 is 1.06 bits per heavy atom. The molecule has 7 heteroatoms. The van der Waals surface area contributed by atoms with E-state index < -0.39 is 23.5 Å². The third kappa shape index (κ3) is 3.93. The van der Waals surface area contributed by atoms with Gasteiger partial charge in [-0.25, -0.2) is 9.59 Å². The molecule has 34 heavy (non-hydrogen) atoms. The highest BCUT2D eigenvalue weighted by Crippen LogP contribution is 2.63. The molecule has 5 rings (SSSR count). The van der Waals surface area contributed by atoms with Crippen LogP contribution in [0.1, 0.15) is 56.1 Å². The molecule has 0 spiro atoms. The number of rotatable bonds is 8. The summed E-state index contributed by atoms with van der Waals surface area (Å²) in [4.78, 5) is 36.9. The number of nitrogens with one attached hydrogen (secondary N) is 2. The molecule has 2 saturated carbocycles. The highest BCUT2D eigenvalue weighted by atomic mass is 16.5. The van der Waals surface area contributed by atoms with Gasteiger partial charge in [-0.1, -0.05) is 61.9 Å². The van der Waals surface area contributed by atoms with Crippen molar-refractivity contribution in [2.75, 3.05) is 6.61 Å². The summed E-state index contributed by atoms with van der Waals surface area (Å²) in [5.74, 6) is -1.02. The largest absolute Gasteiger partial charge is 0.480 e. The maximum atomic E-state index is 12.8. The van der Waals surface area contributed by atoms with Crippen molar-refractivity contribution >= 4 is 18.0 Å². The minimum absolute atomic E-state index is 0.00114. The molecule has 4 atom stereocenters. The number of alkyl carbamates (subject to hydrolysis) is 1. The van der Waals surface area contributed by atoms with Crippen LogP contribution in [0.4, 0.5) is 4.79 Å². The Kier molecular flexibility index (Phi) is 5.80. The summed E-state index contributed by atoms with van der Waals surface area (Å²) < 4.78 is 5.64. The molecule has 0 saturated heterocycles. The standard InChI is InChI=1S/C27H30N2O5/c1-2-7-23(24(30)31)29-25(32)27-13-16(27)12-17(14-27)28-26(33)34-15-22-20-10-5-3-8-18(20)19-9-4-6-11-21(19)22/h3-6,8-11,16-17,22-23H,2,7,12-15H2,1H3,(H,28,33)(H,29,32)(H,30,31)/t16-,17+,23+,27+/m1/s1. The third-order valence-corrected chi connectivity index (χ3v) is 7.71. The summed E-state index contributed by atoms with van der Waals surface area (Å²) in [5, 5.41) is 15.0. The van der Waals surface area contributed by atoms with E-state index in [-0.39, 0.29) is 30.4 Å². The van der Waals surface area contributed by atoms with Gasteiger partial charge in [0.1, 0.15) is 12.6 Å². The van der Waals surface area contributed by atoms with Gasteiger partial charge in [0, 0.05) is 12.0 Å². The molecule has 3 N–H and O–H groups in total. The van der Waals surface area contributed by atoms with E-state index in [1.165, 1.54) is 11.1 Å². The maximum Gasteiger partial charge on any atom is 0.407 e. The van der Waals surface area contributed by atoms with Crippen LogP contribution in [0.3, 0.4) is 0 Å². The molecule has 3 aliphatic carbocycles. The van der Waals surface area contributed by atoms with Gasteiger partial charge in [0.25, 0.3) is 0 Å². The quantitative estimate of drug-likeness (QED) is 0.549. The molecule has 0 radical (unpaired) electrons. The summed E-state index contributed by atoms with van der Waals surface area (Å²) in [5.41, 5.74) is 4.13. The van der Waals surface area contributed by atoms with Crippen LogP contribution in [0.25, 0.3) is 11.1 Å². The molecule has 0 aromatic heterocycles. The van der Waals surface area contributed by atoms with Crippen LogP contribution < -0.4 is 10.6 Å². The molecule has 0 bridgehead atoms. The SMILES string of the molecule is CCC[C@H](NC(=O)[C@@]12C[C@@H](NC(=O)OCC3c4ccccc4-c4ccccc43)C[C@@H]1C2)C(=O)O. The second-order valence-corrected chi connectivity index (χ2v) is 9.82. The summed E-state index contributed by atoms with van der Waals surface area (Å²) >= 11 is 0. The number of carbonyl (C=O) groups is 3. The third-order valence-electron chi connectivity index (χ3n) is 7.71. The number of fused-ring (bicyclic) bond motifs is 4. The van der Waals surface area contributed by atoms with Gasteiger partial charge in [-0.2, -0.15) is 0 Å². The first-order chi connectivity index (χ1) is 16.4. The second kappa shape index (κ2) is 8.78. The average molecular weight is 463 g/mol. The van der Waals surface area contributed by atoms with Crippen molar-refractivity contribution in [3.05, 3.63) is 59.7 Å². The monoisotopic (exact) mass is 462 g/mol. The molecular weight excluding hydrogens is 432 g/mol. The normalized spacial score (nSPS) is 25.0. The minimum Gasteiger partial charge on any atom is -0.480 e. The minimum atomic E-state index is -1.00. The van der Waals surface area contributed by atoms with E-state index in [0.29, 0.717) is 25.7 Å². The zero-order valence-electron chi connectivity index (χ0n) is 19.3. The van der Waals surface area contributed by atoms with Crippen molar-refractivity contribution in [3.63, 3.8) is 0 Å². The highest BCUT2D eigenvalue weighted by molar-refractivity contribution is 5.90. The van der Waals surface area contributed by atoms with E-state index in [4.69, 9.17) is 4.74 Å². The van der Waals surface area contributed by atoms with Crippen LogP contribution in [0.2, 0.25) is 0 Å². The first kappa shape index (κ1) is 22.4. The van der Waals surface area contributed by atoms with E-state index in [9.17, 15) is 19.5 Å². The number of hydrogen-bond acceptors (Lipinski definition) is 4. The van der Waals surface area contributed by atoms with Crippen molar-refractivity contribution in [3.8, 4) is 11.1 Å². The molecule has 0 heterocycles. The van der Waals surface area contributed by atoms with E-state index in [0.717, 1.165) is 17.5 Å². The fourth-order valence-electron chi connectivity index (χ4n) is 5.94. The summed E-state index contributed by atoms with van der Waals surface area (Å²) in [7, 11) is 0. The van der Waals surface area contributed by atoms with Gasteiger partial charge in [-0.15, -0.1) is 0 Å². The molecule has 7 nitrogen and oxygen atoms in total. The first-order valence-electron chi connectivity index (χ1n) is 12.1. The van der Waals surface area contributed by atoms with Gasteiger partial charge in [0.15, 0.2) is 0 Å². The second-order valence-electron chi connectivity index (χ2n) is 9.82. The van der Waals surface area contributed by atoms with Gasteiger partial charge >= 0.3 is 12.1 Å². The molecule has 178 valence electrons. The summed E-state index contributed by atoms with van der Waals surface area (Å²) in [6.07, 6.45) is 2.59. The van der Waals surface area contributed by atoms with Crippen LogP contribution in [0.5, 0.6) is 0 Å². The van der Waals surface area contributed by atoms with Crippen LogP contribution in [-0.4, -0.2) is 41.8 Å². The molecule has 2 amide bonds. The number of ether oxygens (including phenoxy) is 1. The number of benzene rings is 2. The van der Waals surface area contributed by atoms with Crippen LogP contribution in [-0.2, 0) is 14.3 Å². The van der Waals surface area contributed by atoms with Crippen LogP contribution in [0.15, 0.2) is 48.5 Å². The Hall–Kier alpha value is -3.35. The van der Waals surface area contributed by atoms with Crippen molar-refractivity contribution in [2.45, 2.75) is 57.0 Å². The van der Waals surface area contributed by atoms with E-state index >= 15 is 0 Å². The van der Waals surface area contributed by atoms with Crippen LogP contribution in [0, 0.1) is 11.3 Å². The zero-order valence-corrected chi connectivity index (χ0v) is 19.3. The lowest BCUT2D eigenvalue weighted by Crippen LogP contribution is -2.45. The van der Waals surface area contributed by atoms with E-state index in [2.05, 4.69) is 34.9 Å². The van der Waals surface area contributed by atoms with Crippen molar-refractivity contribution in [1.29, 1.82) is 0 Å². The lowest BCUT2D eigenvalue weighted by molar-refractivity contribution is -0.143. The summed E-state index contributed by atoms with van der Waals surface area (Å²) in [6, 6.07) is 15.4. The Labute approximate surface area is 198 Å². The highest BCUT2D eigenvalue weighted by Gasteiger charge is 2.65. The number of amides is 2. The molecular formula is C27H30N2O5. The van der Waals surface area contributed by atoms with Crippen LogP contribution >= 0.6 is 0 Å². The van der Waals surface area contributed by atoms with E-state index in [1.54, 1.807) is 0 Å². The molecule has 2 aromatic carbocycles. The smallest absolute Gasteiger partial charge is 0.407 e. The molecule has 0 unspecified atom stereocenters. The zero-order chi connectivity index (χ0) is 23.9. The predicted molar refractivity (Wildman–Crippen MR) is 126 cm³/mol. The molecule has 0 aliphatic heterocycles. The van der Waals surface area contributed by atoms with Gasteiger partial charge in [0.2, 0.25) is 5.91 Å². The van der Waals surface area contributed by atoms with Gasteiger partial charge in [0.05, 0.1) is 5.41 Å². The van der Waals surface area contributed by atoms with Crippen molar-refractivity contribution in [1.82, 2.24) is 10.6 Å². The van der Waals surface area contributed by atoms with Crippen molar-refractivity contribution < 1.29 is 24.2 Å². The topological polar surface area (TPSA) is 105 Å². The number of carbonyl (C=O) groups excluding carboxylic acids is 2. The van der Waals surface area contributed by atoms with Gasteiger partial charge < -0.3 is 20.5 Å². The first-order valence-corrected chi connectivity index (χ1v) is 12.1. The number of carboxylic acids is 1. The van der Waals surface area contributed by atoms with Gasteiger partial charge in [-0.3, -0.25) is 4.79 Å². The lowest BCUT2D eigenvalue weighted by atomic mass is 9.98. The number of hydrogen-bond donors (Lipinski definition) is 3. The Morgan fingerprint density at radius 2 is 1.71 bits per heavy atom. The Balaban J connectivity index is 1.17. The average Bonchev–Trinajstić information content (AvgIpc) is 3.25. The Bertz CT molecular complexity index is 1090. The fourth-order valence-corrected chi connectivity index (χ4v) is 5.94. The number of aliphatic carboxylic acids is 1. The Morgan fingerprint density at radius 3 is 2.32 bits per heavy atom. The molecule has 2 fully saturated rings.